The van der Waals surface area contributed by atoms with E-state index in [0.29, 0.717) is 29.1 Å². The summed E-state index contributed by atoms with van der Waals surface area (Å²) >= 11 is 5.89. The molecule has 1 heterocycles. The molecule has 0 bridgehead atoms. The summed E-state index contributed by atoms with van der Waals surface area (Å²) in [6.07, 6.45) is 2.34. The van der Waals surface area contributed by atoms with Crippen molar-refractivity contribution in [2.45, 2.75) is 31.8 Å². The molecule has 0 atom stereocenters. The van der Waals surface area contributed by atoms with Crippen LogP contribution in [0.1, 0.15) is 31.7 Å². The number of nitrogens with one attached hydrogen (secondary N) is 1. The average Bonchev–Trinajstić information content (AvgIpc) is 3.14. The van der Waals surface area contributed by atoms with Gasteiger partial charge in [-0.1, -0.05) is 18.2 Å². The maximum absolute atomic E-state index is 12.3. The van der Waals surface area contributed by atoms with E-state index < -0.39 is 5.60 Å². The molecule has 110 valence electrons. The van der Waals surface area contributed by atoms with Crippen molar-refractivity contribution >= 4 is 34.7 Å². The highest BCUT2D eigenvalue weighted by atomic mass is 35.5. The van der Waals surface area contributed by atoms with Crippen LogP contribution in [0.25, 0.3) is 5.57 Å². The Morgan fingerprint density at radius 1 is 1.38 bits per heavy atom. The molecule has 1 amide bonds. The topological polar surface area (TPSA) is 55.4 Å². The normalized spacial score (nSPS) is 18.9. The molecule has 1 saturated carbocycles. The van der Waals surface area contributed by atoms with E-state index in [0.717, 1.165) is 18.4 Å². The minimum absolute atomic E-state index is 0.172. The second-order valence-electron chi connectivity index (χ2n) is 5.40. The summed E-state index contributed by atoms with van der Waals surface area (Å²) in [5.41, 5.74) is 2.45. The number of carbonyl (C=O) groups is 2. The number of benzene rings is 1. The van der Waals surface area contributed by atoms with Crippen molar-refractivity contribution in [3.63, 3.8) is 0 Å². The Bertz CT molecular complexity index is 647. The largest absolute Gasteiger partial charge is 0.451 e. The lowest BCUT2D eigenvalue weighted by Crippen LogP contribution is -2.12. The Labute approximate surface area is 128 Å². The van der Waals surface area contributed by atoms with Crippen LogP contribution < -0.4 is 5.32 Å². The predicted octanol–water partition coefficient (Wildman–Crippen LogP) is 3.12. The second-order valence-corrected chi connectivity index (χ2v) is 5.78. The van der Waals surface area contributed by atoms with Gasteiger partial charge in [0.15, 0.2) is 0 Å². The molecule has 1 aliphatic carbocycles. The SMILES string of the molecule is CC(=O)Nc1ccccc1C1=C(CCCl)C2(CC2)OC1=O. The van der Waals surface area contributed by atoms with E-state index in [1.54, 1.807) is 6.07 Å². The molecule has 21 heavy (non-hydrogen) atoms. The van der Waals surface area contributed by atoms with Crippen LogP contribution in [0.15, 0.2) is 29.8 Å². The lowest BCUT2D eigenvalue weighted by Gasteiger charge is -2.12. The van der Waals surface area contributed by atoms with Crippen molar-refractivity contribution in [3.8, 4) is 0 Å². The van der Waals surface area contributed by atoms with E-state index in [1.807, 2.05) is 18.2 Å². The van der Waals surface area contributed by atoms with Crippen LogP contribution in [0.4, 0.5) is 5.69 Å². The van der Waals surface area contributed by atoms with E-state index in [9.17, 15) is 9.59 Å². The highest BCUT2D eigenvalue weighted by molar-refractivity contribution is 6.23. The first kappa shape index (κ1) is 14.1. The van der Waals surface area contributed by atoms with Crippen LogP contribution in [0.3, 0.4) is 0 Å². The van der Waals surface area contributed by atoms with Crippen molar-refractivity contribution in [2.75, 3.05) is 11.2 Å². The average molecular weight is 306 g/mol. The van der Waals surface area contributed by atoms with E-state index >= 15 is 0 Å². The second kappa shape index (κ2) is 5.19. The third-order valence-corrected chi connectivity index (χ3v) is 4.09. The molecular formula is C16H16ClNO3. The summed E-state index contributed by atoms with van der Waals surface area (Å²) in [4.78, 5) is 23.7. The first-order chi connectivity index (χ1) is 10.1. The molecule has 5 heteroatoms. The van der Waals surface area contributed by atoms with Crippen LogP contribution in [0, 0.1) is 0 Å². The van der Waals surface area contributed by atoms with Crippen molar-refractivity contribution in [3.05, 3.63) is 35.4 Å². The van der Waals surface area contributed by atoms with Crippen LogP contribution in [-0.2, 0) is 14.3 Å². The van der Waals surface area contributed by atoms with Gasteiger partial charge in [-0.15, -0.1) is 11.6 Å². The summed E-state index contributed by atoms with van der Waals surface area (Å²) in [7, 11) is 0. The molecule has 1 aliphatic heterocycles. The molecule has 1 N–H and O–H groups in total. The Morgan fingerprint density at radius 2 is 2.10 bits per heavy atom. The smallest absolute Gasteiger partial charge is 0.339 e. The van der Waals surface area contributed by atoms with Gasteiger partial charge in [-0.05, 0) is 30.9 Å². The molecule has 0 unspecified atom stereocenters. The fourth-order valence-electron chi connectivity index (χ4n) is 2.88. The number of carbonyl (C=O) groups excluding carboxylic acids is 2. The first-order valence-corrected chi connectivity index (χ1v) is 7.51. The third kappa shape index (κ3) is 2.44. The molecule has 2 aliphatic rings. The number of esters is 1. The predicted molar refractivity (Wildman–Crippen MR) is 81.1 cm³/mol. The number of anilines is 1. The molecule has 0 aromatic heterocycles. The summed E-state index contributed by atoms with van der Waals surface area (Å²) in [6.45, 7) is 1.44. The maximum atomic E-state index is 12.3. The Hall–Kier alpha value is -1.81. The van der Waals surface area contributed by atoms with Gasteiger partial charge >= 0.3 is 5.97 Å². The minimum Gasteiger partial charge on any atom is -0.451 e. The number of ether oxygens (including phenoxy) is 1. The zero-order chi connectivity index (χ0) is 15.0. The number of rotatable bonds is 4. The van der Waals surface area contributed by atoms with Crippen molar-refractivity contribution in [1.29, 1.82) is 0 Å². The van der Waals surface area contributed by atoms with E-state index in [4.69, 9.17) is 16.3 Å². The quantitative estimate of drug-likeness (QED) is 0.687. The van der Waals surface area contributed by atoms with Crippen LogP contribution in [0.5, 0.6) is 0 Å². The Balaban J connectivity index is 2.11. The number of hydrogen-bond acceptors (Lipinski definition) is 3. The maximum Gasteiger partial charge on any atom is 0.339 e. The van der Waals surface area contributed by atoms with Gasteiger partial charge in [0.25, 0.3) is 0 Å². The van der Waals surface area contributed by atoms with Crippen molar-refractivity contribution < 1.29 is 14.3 Å². The summed E-state index contributed by atoms with van der Waals surface area (Å²) < 4.78 is 5.57. The van der Waals surface area contributed by atoms with E-state index in [1.165, 1.54) is 6.92 Å². The molecule has 1 fully saturated rings. The van der Waals surface area contributed by atoms with Gasteiger partial charge in [-0.3, -0.25) is 4.79 Å². The fraction of sp³-hybridized carbons (Fsp3) is 0.375. The number of para-hydroxylation sites is 1. The lowest BCUT2D eigenvalue weighted by atomic mass is 9.94. The summed E-state index contributed by atoms with van der Waals surface area (Å²) in [6, 6.07) is 7.28. The van der Waals surface area contributed by atoms with Gasteiger partial charge in [-0.25, -0.2) is 4.79 Å². The molecule has 1 spiro atoms. The molecule has 1 aromatic carbocycles. The van der Waals surface area contributed by atoms with Gasteiger partial charge < -0.3 is 10.1 Å². The van der Waals surface area contributed by atoms with Crippen LogP contribution in [0.2, 0.25) is 0 Å². The highest BCUT2D eigenvalue weighted by Gasteiger charge is 2.56. The van der Waals surface area contributed by atoms with Crippen LogP contribution in [-0.4, -0.2) is 23.4 Å². The summed E-state index contributed by atoms with van der Waals surface area (Å²) in [5.74, 6) is -0.0423. The first-order valence-electron chi connectivity index (χ1n) is 6.97. The fourth-order valence-corrected chi connectivity index (χ4v) is 3.07. The van der Waals surface area contributed by atoms with Gasteiger partial charge in [-0.2, -0.15) is 0 Å². The lowest BCUT2D eigenvalue weighted by molar-refractivity contribution is -0.139. The molecule has 0 radical (unpaired) electrons. The van der Waals surface area contributed by atoms with Gasteiger partial charge in [0, 0.05) is 24.1 Å². The Kier molecular flexibility index (Phi) is 3.49. The highest BCUT2D eigenvalue weighted by Crippen LogP contribution is 2.55. The molecule has 3 rings (SSSR count). The summed E-state index contributed by atoms with van der Waals surface area (Å²) in [5, 5.41) is 2.77. The molecule has 0 saturated heterocycles. The number of amides is 1. The Morgan fingerprint density at radius 3 is 2.71 bits per heavy atom. The van der Waals surface area contributed by atoms with E-state index in [-0.39, 0.29) is 11.9 Å². The monoisotopic (exact) mass is 305 g/mol. The van der Waals surface area contributed by atoms with Gasteiger partial charge in [0.2, 0.25) is 5.91 Å². The third-order valence-electron chi connectivity index (χ3n) is 3.90. The minimum atomic E-state index is -0.426. The number of hydrogen-bond donors (Lipinski definition) is 1. The van der Waals surface area contributed by atoms with Crippen molar-refractivity contribution in [2.24, 2.45) is 0 Å². The molecular weight excluding hydrogens is 290 g/mol. The van der Waals surface area contributed by atoms with E-state index in [2.05, 4.69) is 5.32 Å². The standard InChI is InChI=1S/C16H16ClNO3/c1-10(19)18-13-5-3-2-4-11(13)14-12(6-9-17)16(7-8-16)21-15(14)20/h2-5H,6-9H2,1H3,(H,18,19). The zero-order valence-electron chi connectivity index (χ0n) is 11.7. The van der Waals surface area contributed by atoms with Crippen LogP contribution >= 0.6 is 11.6 Å². The number of alkyl halides is 1. The molecule has 1 aromatic rings. The van der Waals surface area contributed by atoms with Gasteiger partial charge in [0.1, 0.15) is 5.60 Å². The van der Waals surface area contributed by atoms with Crippen molar-refractivity contribution in [1.82, 2.24) is 0 Å². The molecule has 4 nitrogen and oxygen atoms in total. The van der Waals surface area contributed by atoms with Gasteiger partial charge in [0.05, 0.1) is 5.57 Å². The zero-order valence-corrected chi connectivity index (χ0v) is 12.5. The number of halogens is 1.